The molecule has 0 saturated carbocycles. The summed E-state index contributed by atoms with van der Waals surface area (Å²) < 4.78 is 39.8. The number of nitrogens with zero attached hydrogens (tertiary/aromatic N) is 3. The maximum absolute atomic E-state index is 12.8. The molecule has 0 radical (unpaired) electrons. The van der Waals surface area contributed by atoms with Gasteiger partial charge in [0.1, 0.15) is 5.41 Å². The summed E-state index contributed by atoms with van der Waals surface area (Å²) in [5.74, 6) is -0.415. The molecular formula is C23H18F3N5O. The predicted octanol–water partition coefficient (Wildman–Crippen LogP) is 5.53. The van der Waals surface area contributed by atoms with E-state index in [4.69, 9.17) is 5.26 Å². The van der Waals surface area contributed by atoms with E-state index in [-0.39, 0.29) is 0 Å². The van der Waals surface area contributed by atoms with Crippen LogP contribution in [0.25, 0.3) is 27.7 Å². The average Bonchev–Trinajstić information content (AvgIpc) is 3.40. The Morgan fingerprint density at radius 2 is 1.84 bits per heavy atom. The molecule has 4 aromatic rings. The second-order valence-electron chi connectivity index (χ2n) is 7.87. The van der Waals surface area contributed by atoms with E-state index >= 15 is 0 Å². The van der Waals surface area contributed by atoms with Crippen LogP contribution in [0.1, 0.15) is 19.4 Å². The maximum Gasteiger partial charge on any atom is 0.416 e. The van der Waals surface area contributed by atoms with Crippen molar-refractivity contribution in [2.75, 3.05) is 5.32 Å². The quantitative estimate of drug-likeness (QED) is 0.440. The normalized spacial score (nSPS) is 12.0. The summed E-state index contributed by atoms with van der Waals surface area (Å²) in [5, 5.41) is 17.0. The summed E-state index contributed by atoms with van der Waals surface area (Å²) in [4.78, 5) is 15.5. The number of H-pyrrole nitrogens is 1. The van der Waals surface area contributed by atoms with Gasteiger partial charge in [0, 0.05) is 28.9 Å². The lowest BCUT2D eigenvalue weighted by Crippen LogP contribution is -2.29. The molecule has 32 heavy (non-hydrogen) atoms. The summed E-state index contributed by atoms with van der Waals surface area (Å²) in [6.07, 6.45) is 0.594. The molecule has 9 heteroatoms. The molecule has 0 aliphatic carbocycles. The number of nitriles is 1. The van der Waals surface area contributed by atoms with E-state index in [9.17, 15) is 18.0 Å². The molecular weight excluding hydrogens is 419 g/mol. The van der Waals surface area contributed by atoms with Crippen molar-refractivity contribution in [1.29, 1.82) is 5.26 Å². The number of halogens is 3. The van der Waals surface area contributed by atoms with Crippen molar-refractivity contribution in [3.8, 4) is 22.9 Å². The number of aromatic amines is 1. The van der Waals surface area contributed by atoms with Gasteiger partial charge in [-0.3, -0.25) is 4.79 Å². The number of benzene rings is 2. The predicted molar refractivity (Wildman–Crippen MR) is 114 cm³/mol. The number of hydrogen-bond acceptors (Lipinski definition) is 3. The number of hydrogen-bond donors (Lipinski definition) is 2. The lowest BCUT2D eigenvalue weighted by Gasteiger charge is -2.14. The number of alkyl halides is 3. The summed E-state index contributed by atoms with van der Waals surface area (Å²) in [5.41, 5.74) is 1.51. The molecule has 0 saturated heterocycles. The van der Waals surface area contributed by atoms with Crippen LogP contribution in [0.2, 0.25) is 0 Å². The SMILES string of the molecule is CC(C)(C#N)C(=O)Nc1c[nH]c2ccc(-c3cnn(-c4ccc(C(F)(F)F)cc4)c3)cc12. The minimum Gasteiger partial charge on any atom is -0.359 e. The van der Waals surface area contributed by atoms with Gasteiger partial charge in [0.25, 0.3) is 0 Å². The summed E-state index contributed by atoms with van der Waals surface area (Å²) >= 11 is 0. The summed E-state index contributed by atoms with van der Waals surface area (Å²) in [6.45, 7) is 3.08. The van der Waals surface area contributed by atoms with E-state index in [0.29, 0.717) is 11.4 Å². The van der Waals surface area contributed by atoms with E-state index < -0.39 is 23.1 Å². The fraction of sp³-hybridized carbons (Fsp3) is 0.174. The molecule has 0 spiro atoms. The first-order valence-corrected chi connectivity index (χ1v) is 9.65. The highest BCUT2D eigenvalue weighted by atomic mass is 19.4. The van der Waals surface area contributed by atoms with Crippen molar-refractivity contribution in [3.63, 3.8) is 0 Å². The molecule has 1 amide bonds. The van der Waals surface area contributed by atoms with E-state index in [0.717, 1.165) is 34.2 Å². The van der Waals surface area contributed by atoms with Crippen LogP contribution in [0.15, 0.2) is 61.1 Å². The van der Waals surface area contributed by atoms with Crippen LogP contribution >= 0.6 is 0 Å². The van der Waals surface area contributed by atoms with Gasteiger partial charge < -0.3 is 10.3 Å². The molecule has 0 atom stereocenters. The first-order valence-electron chi connectivity index (χ1n) is 9.65. The van der Waals surface area contributed by atoms with Gasteiger partial charge >= 0.3 is 6.18 Å². The van der Waals surface area contributed by atoms with Gasteiger partial charge in [0.15, 0.2) is 0 Å². The van der Waals surface area contributed by atoms with Crippen LogP contribution in [0.5, 0.6) is 0 Å². The third kappa shape index (κ3) is 3.95. The van der Waals surface area contributed by atoms with Gasteiger partial charge in [-0.1, -0.05) is 6.07 Å². The molecule has 0 unspecified atom stereocenters. The van der Waals surface area contributed by atoms with Gasteiger partial charge in [0.05, 0.1) is 29.2 Å². The van der Waals surface area contributed by atoms with Crippen molar-refractivity contribution >= 4 is 22.5 Å². The van der Waals surface area contributed by atoms with Crippen LogP contribution in [-0.2, 0) is 11.0 Å². The van der Waals surface area contributed by atoms with Gasteiger partial charge in [0.2, 0.25) is 5.91 Å². The lowest BCUT2D eigenvalue weighted by atomic mass is 9.94. The fourth-order valence-corrected chi connectivity index (χ4v) is 3.15. The van der Waals surface area contributed by atoms with Gasteiger partial charge in [-0.15, -0.1) is 0 Å². The Bertz CT molecular complexity index is 1340. The Morgan fingerprint density at radius 3 is 2.50 bits per heavy atom. The zero-order chi connectivity index (χ0) is 23.1. The molecule has 2 N–H and O–H groups in total. The molecule has 2 aromatic heterocycles. The number of carbonyl (C=O) groups is 1. The van der Waals surface area contributed by atoms with Crippen LogP contribution < -0.4 is 5.32 Å². The highest BCUT2D eigenvalue weighted by Crippen LogP contribution is 2.32. The van der Waals surface area contributed by atoms with E-state index in [1.54, 1.807) is 18.6 Å². The topological polar surface area (TPSA) is 86.5 Å². The Hall–Kier alpha value is -4.06. The first-order chi connectivity index (χ1) is 15.1. The molecule has 162 valence electrons. The number of anilines is 1. The second-order valence-corrected chi connectivity index (χ2v) is 7.87. The molecule has 2 heterocycles. The van der Waals surface area contributed by atoms with Gasteiger partial charge in [-0.05, 0) is 55.8 Å². The third-order valence-electron chi connectivity index (χ3n) is 5.15. The zero-order valence-corrected chi connectivity index (χ0v) is 17.2. The maximum atomic E-state index is 12.8. The number of nitrogens with one attached hydrogen (secondary N) is 2. The Morgan fingerprint density at radius 1 is 1.12 bits per heavy atom. The van der Waals surface area contributed by atoms with Crippen LogP contribution in [0.4, 0.5) is 18.9 Å². The standard InChI is InChI=1S/C23H18F3N5O/c1-22(2,13-27)21(32)30-20-11-28-19-8-3-14(9-18(19)20)15-10-29-31(12-15)17-6-4-16(5-7-17)23(24,25)26/h3-12,28H,1-2H3,(H,30,32). The van der Waals surface area contributed by atoms with E-state index in [1.807, 2.05) is 24.3 Å². The van der Waals surface area contributed by atoms with Crippen molar-refractivity contribution in [2.45, 2.75) is 20.0 Å². The van der Waals surface area contributed by atoms with Crippen molar-refractivity contribution in [1.82, 2.24) is 14.8 Å². The number of amides is 1. The van der Waals surface area contributed by atoms with Crippen molar-refractivity contribution in [2.24, 2.45) is 5.41 Å². The Labute approximate surface area is 181 Å². The van der Waals surface area contributed by atoms with Gasteiger partial charge in [-0.25, -0.2) is 4.68 Å². The molecule has 6 nitrogen and oxygen atoms in total. The molecule has 4 rings (SSSR count). The number of fused-ring (bicyclic) bond motifs is 1. The highest BCUT2D eigenvalue weighted by molar-refractivity contribution is 6.05. The lowest BCUT2D eigenvalue weighted by molar-refractivity contribution is -0.137. The van der Waals surface area contributed by atoms with E-state index in [1.165, 1.54) is 30.7 Å². The number of rotatable bonds is 4. The van der Waals surface area contributed by atoms with Crippen LogP contribution in [0, 0.1) is 16.7 Å². The van der Waals surface area contributed by atoms with Crippen molar-refractivity contribution in [3.05, 3.63) is 66.6 Å². The minimum absolute atomic E-state index is 0.415. The summed E-state index contributed by atoms with van der Waals surface area (Å²) in [7, 11) is 0. The molecule has 0 aliphatic heterocycles. The van der Waals surface area contributed by atoms with Gasteiger partial charge in [-0.2, -0.15) is 23.5 Å². The number of aromatic nitrogens is 3. The third-order valence-corrected chi connectivity index (χ3v) is 5.15. The Kier molecular flexibility index (Phi) is 5.01. The monoisotopic (exact) mass is 437 g/mol. The second kappa shape index (κ2) is 7.57. The van der Waals surface area contributed by atoms with Crippen LogP contribution in [0.3, 0.4) is 0 Å². The van der Waals surface area contributed by atoms with Crippen molar-refractivity contribution < 1.29 is 18.0 Å². The molecule has 2 aromatic carbocycles. The molecule has 0 fully saturated rings. The highest BCUT2D eigenvalue weighted by Gasteiger charge is 2.30. The average molecular weight is 437 g/mol. The van der Waals surface area contributed by atoms with Crippen LogP contribution in [-0.4, -0.2) is 20.7 Å². The molecule has 0 bridgehead atoms. The van der Waals surface area contributed by atoms with E-state index in [2.05, 4.69) is 15.4 Å². The molecule has 0 aliphatic rings. The smallest absolute Gasteiger partial charge is 0.359 e. The fourth-order valence-electron chi connectivity index (χ4n) is 3.15. The zero-order valence-electron chi connectivity index (χ0n) is 17.2. The minimum atomic E-state index is -4.39. The summed E-state index contributed by atoms with van der Waals surface area (Å²) in [6, 6.07) is 12.3. The largest absolute Gasteiger partial charge is 0.416 e. The first kappa shape index (κ1) is 21.2. The Balaban J connectivity index is 1.63. The number of carbonyl (C=O) groups excluding carboxylic acids is 1.